The second-order valence-electron chi connectivity index (χ2n) is 11.1. The molecule has 6 nitrogen and oxygen atoms in total. The highest BCUT2D eigenvalue weighted by Gasteiger charge is 2.59. The second kappa shape index (κ2) is 8.25. The first-order valence-corrected chi connectivity index (χ1v) is 12.6. The number of fused-ring (bicyclic) bond motifs is 1. The Balaban J connectivity index is 1.16. The van der Waals surface area contributed by atoms with E-state index in [0.29, 0.717) is 24.9 Å². The predicted octanol–water partition coefficient (Wildman–Crippen LogP) is 4.21. The Labute approximate surface area is 200 Å². The maximum Gasteiger partial charge on any atom is 0.229 e. The number of ether oxygens (including phenoxy) is 2. The summed E-state index contributed by atoms with van der Waals surface area (Å²) in [7, 11) is 0. The molecule has 6 rings (SSSR count). The van der Waals surface area contributed by atoms with E-state index in [0.717, 1.165) is 56.2 Å². The highest BCUT2D eigenvalue weighted by molar-refractivity contribution is 5.96. The van der Waals surface area contributed by atoms with Crippen LogP contribution >= 0.6 is 0 Å². The molecule has 1 aliphatic carbocycles. The summed E-state index contributed by atoms with van der Waals surface area (Å²) in [4.78, 5) is 19.6. The van der Waals surface area contributed by atoms with Crippen LogP contribution in [-0.4, -0.2) is 67.0 Å². The average Bonchev–Trinajstić information content (AvgIpc) is 3.14. The van der Waals surface area contributed by atoms with Crippen LogP contribution in [0.4, 0.5) is 10.2 Å². The van der Waals surface area contributed by atoms with Gasteiger partial charge in [0.25, 0.3) is 0 Å². The molecule has 2 aromatic rings. The average molecular weight is 468 g/mol. The third kappa shape index (κ3) is 3.73. The Kier molecular flexibility index (Phi) is 5.43. The van der Waals surface area contributed by atoms with E-state index in [4.69, 9.17) is 9.47 Å². The number of hydrogen-bond acceptors (Lipinski definition) is 5. The van der Waals surface area contributed by atoms with Crippen molar-refractivity contribution in [2.75, 3.05) is 44.8 Å². The number of halogens is 1. The van der Waals surface area contributed by atoms with Gasteiger partial charge in [0, 0.05) is 29.5 Å². The van der Waals surface area contributed by atoms with E-state index >= 15 is 0 Å². The molecule has 1 aromatic heterocycles. The fourth-order valence-electron chi connectivity index (χ4n) is 6.45. The molecule has 182 valence electrons. The van der Waals surface area contributed by atoms with Crippen molar-refractivity contribution >= 4 is 22.5 Å². The summed E-state index contributed by atoms with van der Waals surface area (Å²) in [6.07, 6.45) is 4.86. The van der Waals surface area contributed by atoms with Gasteiger partial charge < -0.3 is 14.8 Å². The van der Waals surface area contributed by atoms with Crippen LogP contribution in [0.3, 0.4) is 0 Å². The molecule has 0 unspecified atom stereocenters. The lowest BCUT2D eigenvalue weighted by molar-refractivity contribution is -0.118. The van der Waals surface area contributed by atoms with Crippen molar-refractivity contribution in [1.82, 2.24) is 9.88 Å². The number of pyridine rings is 1. The number of aromatic nitrogens is 1. The van der Waals surface area contributed by atoms with Gasteiger partial charge in [-0.3, -0.25) is 9.69 Å². The molecule has 4 heterocycles. The Morgan fingerprint density at radius 2 is 2.00 bits per heavy atom. The Morgan fingerprint density at radius 3 is 2.71 bits per heavy atom. The molecule has 7 heteroatoms. The number of carbonyl (C=O) groups is 1. The number of nitrogens with one attached hydrogen (secondary N) is 1. The SMILES string of the molecule is Cc1cc2cnc(NC(=O)[C@H]3C[C@]34CCOC4)cc2cc1C1CCN([C@]2(C)COC[C@@H]2F)CC1. The number of carbonyl (C=O) groups excluding carboxylic acids is 1. The maximum absolute atomic E-state index is 14.5. The third-order valence-electron chi connectivity index (χ3n) is 8.99. The van der Waals surface area contributed by atoms with Crippen molar-refractivity contribution in [3.63, 3.8) is 0 Å². The molecular weight excluding hydrogens is 433 g/mol. The number of rotatable bonds is 4. The molecule has 0 bridgehead atoms. The van der Waals surface area contributed by atoms with Gasteiger partial charge in [-0.15, -0.1) is 0 Å². The molecule has 34 heavy (non-hydrogen) atoms. The van der Waals surface area contributed by atoms with E-state index < -0.39 is 11.7 Å². The first-order valence-electron chi connectivity index (χ1n) is 12.6. The number of anilines is 1. The zero-order chi connectivity index (χ0) is 23.5. The highest BCUT2D eigenvalue weighted by Crippen LogP contribution is 2.58. The van der Waals surface area contributed by atoms with Gasteiger partial charge in [-0.25, -0.2) is 9.37 Å². The summed E-state index contributed by atoms with van der Waals surface area (Å²) >= 11 is 0. The smallest absolute Gasteiger partial charge is 0.229 e. The molecule has 1 amide bonds. The summed E-state index contributed by atoms with van der Waals surface area (Å²) in [5, 5.41) is 5.23. The zero-order valence-corrected chi connectivity index (χ0v) is 20.1. The Bertz CT molecular complexity index is 1110. The molecule has 1 N–H and O–H groups in total. The molecule has 1 spiro atoms. The number of alkyl halides is 1. The second-order valence-corrected chi connectivity index (χ2v) is 11.1. The van der Waals surface area contributed by atoms with Crippen LogP contribution < -0.4 is 5.32 Å². The number of nitrogens with zero attached hydrogens (tertiary/aromatic N) is 2. The van der Waals surface area contributed by atoms with Crippen molar-refractivity contribution in [3.05, 3.63) is 35.5 Å². The van der Waals surface area contributed by atoms with E-state index in [1.807, 2.05) is 19.2 Å². The van der Waals surface area contributed by atoms with Crippen molar-refractivity contribution < 1.29 is 18.7 Å². The van der Waals surface area contributed by atoms with Crippen molar-refractivity contribution in [1.29, 1.82) is 0 Å². The predicted molar refractivity (Wildman–Crippen MR) is 129 cm³/mol. The maximum atomic E-state index is 14.5. The monoisotopic (exact) mass is 467 g/mol. The van der Waals surface area contributed by atoms with Crippen LogP contribution in [0.15, 0.2) is 24.4 Å². The summed E-state index contributed by atoms with van der Waals surface area (Å²) < 4.78 is 25.4. The lowest BCUT2D eigenvalue weighted by atomic mass is 9.83. The molecule has 0 radical (unpaired) electrons. The lowest BCUT2D eigenvalue weighted by Crippen LogP contribution is -2.55. The standard InChI is InChI=1S/C27H34FN3O3/c1-17-9-20-13-29-24(30-25(32)22-12-27(22)5-8-33-16-27)11-19(20)10-21(17)18-3-6-31(7-4-18)26(2)15-34-14-23(26)28/h9-11,13,18,22-23H,3-8,12,14-16H2,1-2H3,(H,29,30,32)/t22-,23+,26-,27+/m1/s1. The van der Waals surface area contributed by atoms with Gasteiger partial charge in [0.15, 0.2) is 0 Å². The summed E-state index contributed by atoms with van der Waals surface area (Å²) in [5.41, 5.74) is 2.20. The van der Waals surface area contributed by atoms with Gasteiger partial charge in [0.2, 0.25) is 5.91 Å². The normalized spacial score (nSPS) is 34.2. The molecular formula is C27H34FN3O3. The van der Waals surface area contributed by atoms with Crippen molar-refractivity contribution in [2.45, 2.75) is 57.2 Å². The number of likely N-dealkylation sites (tertiary alicyclic amines) is 1. The van der Waals surface area contributed by atoms with Crippen LogP contribution in [0.1, 0.15) is 49.7 Å². The van der Waals surface area contributed by atoms with Crippen LogP contribution in [0.25, 0.3) is 10.8 Å². The van der Waals surface area contributed by atoms with E-state index in [9.17, 15) is 9.18 Å². The lowest BCUT2D eigenvalue weighted by Gasteiger charge is -2.43. The number of piperidine rings is 1. The van der Waals surface area contributed by atoms with Crippen molar-refractivity contribution in [3.8, 4) is 0 Å². The molecule has 3 aliphatic heterocycles. The van der Waals surface area contributed by atoms with Gasteiger partial charge >= 0.3 is 0 Å². The van der Waals surface area contributed by atoms with Gasteiger partial charge in [0.1, 0.15) is 12.0 Å². The van der Waals surface area contributed by atoms with E-state index in [-0.39, 0.29) is 23.8 Å². The van der Waals surface area contributed by atoms with Crippen LogP contribution in [0, 0.1) is 18.3 Å². The number of hydrogen-bond donors (Lipinski definition) is 1. The van der Waals surface area contributed by atoms with E-state index in [2.05, 4.69) is 34.3 Å². The first kappa shape index (κ1) is 22.4. The Hall–Kier alpha value is -2.09. The molecule has 4 aliphatic rings. The van der Waals surface area contributed by atoms with Gasteiger partial charge in [0.05, 0.1) is 25.4 Å². The van der Waals surface area contributed by atoms with E-state index in [1.165, 1.54) is 11.1 Å². The molecule has 1 saturated carbocycles. The van der Waals surface area contributed by atoms with Crippen molar-refractivity contribution in [2.24, 2.45) is 11.3 Å². The zero-order valence-electron chi connectivity index (χ0n) is 20.1. The number of benzene rings is 1. The van der Waals surface area contributed by atoms with Crippen LogP contribution in [0.5, 0.6) is 0 Å². The topological polar surface area (TPSA) is 63.7 Å². The van der Waals surface area contributed by atoms with E-state index in [1.54, 1.807) is 0 Å². The third-order valence-corrected chi connectivity index (χ3v) is 8.99. The molecule has 4 fully saturated rings. The van der Waals surface area contributed by atoms with Crippen LogP contribution in [-0.2, 0) is 14.3 Å². The van der Waals surface area contributed by atoms with Gasteiger partial charge in [-0.2, -0.15) is 0 Å². The molecule has 3 saturated heterocycles. The quantitative estimate of drug-likeness (QED) is 0.730. The largest absolute Gasteiger partial charge is 0.381 e. The fourth-order valence-corrected chi connectivity index (χ4v) is 6.45. The first-order chi connectivity index (χ1) is 16.4. The Morgan fingerprint density at radius 1 is 1.18 bits per heavy atom. The summed E-state index contributed by atoms with van der Waals surface area (Å²) in [5.74, 6) is 1.17. The summed E-state index contributed by atoms with van der Waals surface area (Å²) in [6.45, 7) is 8.08. The fraction of sp³-hybridized carbons (Fsp3) is 0.630. The van der Waals surface area contributed by atoms with Gasteiger partial charge in [-0.1, -0.05) is 6.07 Å². The minimum Gasteiger partial charge on any atom is -0.381 e. The molecule has 4 atom stereocenters. The number of aryl methyl sites for hydroxylation is 1. The minimum absolute atomic E-state index is 0.0438. The molecule has 1 aromatic carbocycles. The van der Waals surface area contributed by atoms with Crippen LogP contribution in [0.2, 0.25) is 0 Å². The van der Waals surface area contributed by atoms with Gasteiger partial charge in [-0.05, 0) is 87.2 Å². The minimum atomic E-state index is -0.917. The summed E-state index contributed by atoms with van der Waals surface area (Å²) in [6, 6.07) is 6.46. The number of amides is 1. The highest BCUT2D eigenvalue weighted by atomic mass is 19.1.